The number of halogens is 1. The van der Waals surface area contributed by atoms with Crippen LogP contribution >= 0.6 is 15.9 Å². The van der Waals surface area contributed by atoms with Crippen molar-refractivity contribution in [1.82, 2.24) is 9.97 Å². The van der Waals surface area contributed by atoms with Crippen molar-refractivity contribution in [3.05, 3.63) is 52.4 Å². The fourth-order valence-electron chi connectivity index (χ4n) is 2.00. The highest BCUT2D eigenvalue weighted by molar-refractivity contribution is 9.10. The highest BCUT2D eigenvalue weighted by atomic mass is 79.9. The molecule has 0 spiro atoms. The Morgan fingerprint density at radius 1 is 1.14 bits per heavy atom. The predicted octanol–water partition coefficient (Wildman–Crippen LogP) is 4.75. The summed E-state index contributed by atoms with van der Waals surface area (Å²) in [7, 11) is 0. The minimum Gasteiger partial charge on any atom is -0.369 e. The van der Waals surface area contributed by atoms with Crippen LogP contribution in [0.3, 0.4) is 0 Å². The fraction of sp³-hybridized carbons (Fsp3) is 0.412. The molecule has 0 aliphatic heterocycles. The zero-order valence-electron chi connectivity index (χ0n) is 13.0. The van der Waals surface area contributed by atoms with Gasteiger partial charge in [-0.1, -0.05) is 58.0 Å². The van der Waals surface area contributed by atoms with E-state index in [4.69, 9.17) is 0 Å². The molecule has 4 heteroatoms. The van der Waals surface area contributed by atoms with Gasteiger partial charge in [0.1, 0.15) is 16.2 Å². The second-order valence-corrected chi connectivity index (χ2v) is 7.15. The van der Waals surface area contributed by atoms with Crippen LogP contribution in [-0.4, -0.2) is 16.5 Å². The van der Waals surface area contributed by atoms with E-state index in [1.165, 1.54) is 5.56 Å². The molecule has 1 aromatic heterocycles. The van der Waals surface area contributed by atoms with Crippen LogP contribution in [0.5, 0.6) is 0 Å². The molecule has 1 N–H and O–H groups in total. The van der Waals surface area contributed by atoms with E-state index < -0.39 is 0 Å². The van der Waals surface area contributed by atoms with Gasteiger partial charge in [-0.25, -0.2) is 9.97 Å². The molecule has 1 aromatic carbocycles. The number of anilines is 1. The summed E-state index contributed by atoms with van der Waals surface area (Å²) in [6.45, 7) is 9.40. The number of benzene rings is 1. The fourth-order valence-corrected chi connectivity index (χ4v) is 2.39. The predicted molar refractivity (Wildman–Crippen MR) is 91.8 cm³/mol. The Labute approximate surface area is 135 Å². The van der Waals surface area contributed by atoms with Crippen molar-refractivity contribution in [3.8, 4) is 0 Å². The normalized spacial score (nSPS) is 13.0. The molecule has 0 saturated carbocycles. The lowest BCUT2D eigenvalue weighted by Gasteiger charge is -2.19. The van der Waals surface area contributed by atoms with Gasteiger partial charge in [0.15, 0.2) is 0 Å². The molecular weight excluding hydrogens is 326 g/mol. The first-order chi connectivity index (χ1) is 9.86. The van der Waals surface area contributed by atoms with Crippen LogP contribution in [-0.2, 0) is 5.41 Å². The van der Waals surface area contributed by atoms with Crippen LogP contribution in [0.15, 0.2) is 41.0 Å². The summed E-state index contributed by atoms with van der Waals surface area (Å²) in [5.41, 5.74) is 1.26. The van der Waals surface area contributed by atoms with E-state index in [0.29, 0.717) is 5.92 Å². The molecule has 0 saturated heterocycles. The van der Waals surface area contributed by atoms with Crippen molar-refractivity contribution in [2.45, 2.75) is 39.0 Å². The lowest BCUT2D eigenvalue weighted by molar-refractivity contribution is 0.544. The van der Waals surface area contributed by atoms with E-state index in [1.807, 2.05) is 12.1 Å². The molecule has 0 fully saturated rings. The molecular formula is C17H22BrN3. The van der Waals surface area contributed by atoms with Crippen LogP contribution in [0, 0.1) is 0 Å². The van der Waals surface area contributed by atoms with Crippen molar-refractivity contribution in [2.75, 3.05) is 11.9 Å². The zero-order valence-corrected chi connectivity index (χ0v) is 14.6. The van der Waals surface area contributed by atoms with Crippen molar-refractivity contribution < 1.29 is 0 Å². The molecule has 3 nitrogen and oxygen atoms in total. The van der Waals surface area contributed by atoms with Crippen molar-refractivity contribution in [3.63, 3.8) is 0 Å². The van der Waals surface area contributed by atoms with Gasteiger partial charge in [-0.3, -0.25) is 0 Å². The van der Waals surface area contributed by atoms with Crippen molar-refractivity contribution in [2.24, 2.45) is 0 Å². The van der Waals surface area contributed by atoms with Crippen molar-refractivity contribution in [1.29, 1.82) is 0 Å². The minimum absolute atomic E-state index is 0.0642. The molecule has 0 aliphatic carbocycles. The lowest BCUT2D eigenvalue weighted by atomic mass is 9.96. The molecule has 2 aromatic rings. The van der Waals surface area contributed by atoms with Gasteiger partial charge < -0.3 is 5.32 Å². The van der Waals surface area contributed by atoms with Gasteiger partial charge in [0.25, 0.3) is 0 Å². The third-order valence-electron chi connectivity index (χ3n) is 3.32. The van der Waals surface area contributed by atoms with E-state index >= 15 is 0 Å². The number of hydrogen-bond donors (Lipinski definition) is 1. The average Bonchev–Trinajstić information content (AvgIpc) is 2.44. The largest absolute Gasteiger partial charge is 0.369 e. The van der Waals surface area contributed by atoms with E-state index in [1.54, 1.807) is 0 Å². The molecule has 112 valence electrons. The summed E-state index contributed by atoms with van der Waals surface area (Å²) in [4.78, 5) is 9.07. The molecule has 1 unspecified atom stereocenters. The molecule has 1 heterocycles. The molecule has 1 atom stereocenters. The first-order valence-electron chi connectivity index (χ1n) is 7.20. The van der Waals surface area contributed by atoms with E-state index in [-0.39, 0.29) is 5.41 Å². The van der Waals surface area contributed by atoms with E-state index in [9.17, 15) is 0 Å². The van der Waals surface area contributed by atoms with Crippen LogP contribution in [0.25, 0.3) is 0 Å². The topological polar surface area (TPSA) is 37.8 Å². The third-order valence-corrected chi connectivity index (χ3v) is 3.73. The Morgan fingerprint density at radius 2 is 1.81 bits per heavy atom. The Kier molecular flexibility index (Phi) is 4.99. The first-order valence-corrected chi connectivity index (χ1v) is 7.99. The van der Waals surface area contributed by atoms with Crippen LogP contribution in [0.1, 0.15) is 45.0 Å². The van der Waals surface area contributed by atoms with Gasteiger partial charge in [0.05, 0.1) is 0 Å². The second-order valence-electron chi connectivity index (χ2n) is 6.34. The first kappa shape index (κ1) is 16.0. The van der Waals surface area contributed by atoms with E-state index in [2.05, 4.69) is 83.2 Å². The summed E-state index contributed by atoms with van der Waals surface area (Å²) in [6.07, 6.45) is 0. The molecule has 0 aliphatic rings. The zero-order chi connectivity index (χ0) is 15.5. The number of nitrogens with one attached hydrogen (secondary N) is 1. The Balaban J connectivity index is 2.08. The Morgan fingerprint density at radius 3 is 2.43 bits per heavy atom. The van der Waals surface area contributed by atoms with Gasteiger partial charge in [-0.2, -0.15) is 0 Å². The summed E-state index contributed by atoms with van der Waals surface area (Å²) >= 11 is 3.47. The summed E-state index contributed by atoms with van der Waals surface area (Å²) in [6, 6.07) is 12.4. The van der Waals surface area contributed by atoms with Gasteiger partial charge in [0.2, 0.25) is 0 Å². The smallest absolute Gasteiger partial charge is 0.137 e. The number of rotatable bonds is 4. The lowest BCUT2D eigenvalue weighted by Crippen LogP contribution is -2.18. The molecule has 0 bridgehead atoms. The van der Waals surface area contributed by atoms with Crippen molar-refractivity contribution >= 4 is 21.7 Å². The summed E-state index contributed by atoms with van der Waals surface area (Å²) in [5, 5.41) is 3.42. The van der Waals surface area contributed by atoms with E-state index in [0.717, 1.165) is 22.8 Å². The van der Waals surface area contributed by atoms with Crippen LogP contribution in [0.4, 0.5) is 5.82 Å². The van der Waals surface area contributed by atoms with Crippen LogP contribution < -0.4 is 5.32 Å². The highest BCUT2D eigenvalue weighted by Crippen LogP contribution is 2.23. The maximum Gasteiger partial charge on any atom is 0.137 e. The van der Waals surface area contributed by atoms with Gasteiger partial charge in [-0.15, -0.1) is 0 Å². The summed E-state index contributed by atoms with van der Waals surface area (Å²) in [5.74, 6) is 2.13. The standard InChI is InChI=1S/C17H22BrN3/c1-12(13-8-6-5-7-9-13)11-19-15-10-14(18)20-16(21-15)17(2,3)4/h5-10,12H,11H2,1-4H3,(H,19,20,21). The second kappa shape index (κ2) is 6.56. The number of hydrogen-bond acceptors (Lipinski definition) is 3. The monoisotopic (exact) mass is 347 g/mol. The SMILES string of the molecule is CC(CNc1cc(Br)nc(C(C)(C)C)n1)c1ccccc1. The molecule has 2 rings (SSSR count). The quantitative estimate of drug-likeness (QED) is 0.810. The van der Waals surface area contributed by atoms with Crippen LogP contribution in [0.2, 0.25) is 0 Å². The average molecular weight is 348 g/mol. The third kappa shape index (κ3) is 4.53. The van der Waals surface area contributed by atoms with Gasteiger partial charge in [-0.05, 0) is 27.4 Å². The number of aromatic nitrogens is 2. The highest BCUT2D eigenvalue weighted by Gasteiger charge is 2.18. The summed E-state index contributed by atoms with van der Waals surface area (Å²) < 4.78 is 0.817. The number of nitrogens with zero attached hydrogens (tertiary/aromatic N) is 2. The van der Waals surface area contributed by atoms with Gasteiger partial charge in [0, 0.05) is 18.0 Å². The van der Waals surface area contributed by atoms with Gasteiger partial charge >= 0.3 is 0 Å². The Bertz CT molecular complexity index is 591. The molecule has 0 amide bonds. The molecule has 21 heavy (non-hydrogen) atoms. The Hall–Kier alpha value is -1.42. The maximum absolute atomic E-state index is 4.62. The minimum atomic E-state index is -0.0642. The molecule has 0 radical (unpaired) electrons. The maximum atomic E-state index is 4.62.